The minimum absolute atomic E-state index is 0.142. The molecule has 1 N–H and O–H groups in total. The molecule has 0 radical (unpaired) electrons. The van der Waals surface area contributed by atoms with Crippen molar-refractivity contribution in [1.29, 1.82) is 0 Å². The summed E-state index contributed by atoms with van der Waals surface area (Å²) in [4.78, 5) is 38.1. The number of nitrogens with one attached hydrogen (secondary N) is 1. The lowest BCUT2D eigenvalue weighted by Gasteiger charge is -2.18. The number of ether oxygens (including phenoxy) is 1. The number of pyridine rings is 1. The number of rotatable bonds is 6. The van der Waals surface area contributed by atoms with Crippen LogP contribution in [0, 0.1) is 5.92 Å². The second-order valence-electron chi connectivity index (χ2n) is 7.54. The summed E-state index contributed by atoms with van der Waals surface area (Å²) in [5, 5.41) is 3.45. The third-order valence-corrected chi connectivity index (χ3v) is 5.96. The Labute approximate surface area is 168 Å². The second kappa shape index (κ2) is 8.73. The molecule has 0 bridgehead atoms. The molecule has 1 amide bonds. The zero-order chi connectivity index (χ0) is 20.3. The molecule has 3 rings (SSSR count). The Bertz CT molecular complexity index is 929. The maximum Gasteiger partial charge on any atom is 0.341 e. The SMILES string of the molecule is CC1CCc2c(sc(NC(=O)CCn3ccccc3=O)c2C(=O)OC(C)C)C1. The van der Waals surface area contributed by atoms with Gasteiger partial charge in [-0.05, 0) is 50.7 Å². The molecule has 0 saturated carbocycles. The van der Waals surface area contributed by atoms with Crippen LogP contribution in [0.15, 0.2) is 29.2 Å². The standard InChI is InChI=1S/C21H26N2O4S/c1-13(2)27-21(26)19-15-8-7-14(3)12-16(15)28-20(19)22-17(24)9-11-23-10-5-4-6-18(23)25/h4-6,10,13-14H,7-9,11-12H2,1-3H3,(H,22,24). The Kier molecular flexibility index (Phi) is 6.34. The molecule has 6 nitrogen and oxygen atoms in total. The normalized spacial score (nSPS) is 15.9. The second-order valence-corrected chi connectivity index (χ2v) is 8.65. The zero-order valence-electron chi connectivity index (χ0n) is 16.5. The Morgan fingerprint density at radius 2 is 2.14 bits per heavy atom. The van der Waals surface area contributed by atoms with Crippen LogP contribution in [0.25, 0.3) is 0 Å². The van der Waals surface area contributed by atoms with Gasteiger partial charge in [0.15, 0.2) is 0 Å². The van der Waals surface area contributed by atoms with Crippen molar-refractivity contribution in [3.63, 3.8) is 0 Å². The van der Waals surface area contributed by atoms with E-state index in [1.165, 1.54) is 22.0 Å². The lowest BCUT2D eigenvalue weighted by Crippen LogP contribution is -2.22. The number of thiophene rings is 1. The highest BCUT2D eigenvalue weighted by molar-refractivity contribution is 7.17. The average molecular weight is 403 g/mol. The molecule has 1 unspecified atom stereocenters. The molecule has 0 spiro atoms. The Morgan fingerprint density at radius 3 is 2.86 bits per heavy atom. The molecule has 0 aliphatic heterocycles. The fourth-order valence-corrected chi connectivity index (χ4v) is 4.80. The van der Waals surface area contributed by atoms with Crippen LogP contribution in [0.4, 0.5) is 5.00 Å². The van der Waals surface area contributed by atoms with Gasteiger partial charge < -0.3 is 14.6 Å². The highest BCUT2D eigenvalue weighted by Gasteiger charge is 2.29. The monoisotopic (exact) mass is 402 g/mol. The van der Waals surface area contributed by atoms with E-state index in [1.54, 1.807) is 18.3 Å². The summed E-state index contributed by atoms with van der Waals surface area (Å²) in [6.07, 6.45) is 4.35. The minimum Gasteiger partial charge on any atom is -0.459 e. The Balaban J connectivity index is 1.78. The number of fused-ring (bicyclic) bond motifs is 1. The predicted octanol–water partition coefficient (Wildman–Crippen LogP) is 3.63. The molecule has 0 aromatic carbocycles. The van der Waals surface area contributed by atoms with Gasteiger partial charge in [-0.1, -0.05) is 13.0 Å². The number of esters is 1. The van der Waals surface area contributed by atoms with E-state index in [2.05, 4.69) is 12.2 Å². The third-order valence-electron chi connectivity index (χ3n) is 4.79. The fraction of sp³-hybridized carbons (Fsp3) is 0.476. The molecule has 28 heavy (non-hydrogen) atoms. The Hall–Kier alpha value is -2.41. The molecule has 1 aliphatic rings. The van der Waals surface area contributed by atoms with Gasteiger partial charge in [0, 0.05) is 30.1 Å². The molecule has 2 heterocycles. The van der Waals surface area contributed by atoms with Gasteiger partial charge >= 0.3 is 5.97 Å². The maximum absolute atomic E-state index is 12.7. The van der Waals surface area contributed by atoms with Crippen LogP contribution in [0.2, 0.25) is 0 Å². The van der Waals surface area contributed by atoms with Crippen molar-refractivity contribution in [2.45, 2.75) is 59.1 Å². The van der Waals surface area contributed by atoms with Crippen molar-refractivity contribution in [3.05, 3.63) is 50.8 Å². The third kappa shape index (κ3) is 4.70. The van der Waals surface area contributed by atoms with Crippen molar-refractivity contribution in [1.82, 2.24) is 4.57 Å². The molecule has 1 atom stereocenters. The van der Waals surface area contributed by atoms with E-state index in [-0.39, 0.29) is 30.0 Å². The number of hydrogen-bond donors (Lipinski definition) is 1. The van der Waals surface area contributed by atoms with Gasteiger partial charge in [0.05, 0.1) is 11.7 Å². The summed E-state index contributed by atoms with van der Waals surface area (Å²) >= 11 is 1.47. The van der Waals surface area contributed by atoms with E-state index < -0.39 is 0 Å². The number of aryl methyl sites for hydroxylation is 1. The van der Waals surface area contributed by atoms with Gasteiger partial charge in [-0.2, -0.15) is 0 Å². The first-order valence-electron chi connectivity index (χ1n) is 9.66. The molecule has 150 valence electrons. The summed E-state index contributed by atoms with van der Waals surface area (Å²) in [7, 11) is 0. The number of nitrogens with zero attached hydrogens (tertiary/aromatic N) is 1. The highest BCUT2D eigenvalue weighted by atomic mass is 32.1. The summed E-state index contributed by atoms with van der Waals surface area (Å²) < 4.78 is 6.92. The molecular formula is C21H26N2O4S. The van der Waals surface area contributed by atoms with Crippen molar-refractivity contribution in [3.8, 4) is 0 Å². The van der Waals surface area contributed by atoms with E-state index in [1.807, 2.05) is 13.8 Å². The van der Waals surface area contributed by atoms with E-state index >= 15 is 0 Å². The van der Waals surface area contributed by atoms with Gasteiger partial charge in [-0.15, -0.1) is 11.3 Å². The average Bonchev–Trinajstić information content (AvgIpc) is 2.97. The van der Waals surface area contributed by atoms with Crippen LogP contribution in [-0.4, -0.2) is 22.5 Å². The van der Waals surface area contributed by atoms with E-state index in [0.717, 1.165) is 29.7 Å². The first kappa shape index (κ1) is 20.3. The number of carbonyl (C=O) groups is 2. The zero-order valence-corrected chi connectivity index (χ0v) is 17.3. The van der Waals surface area contributed by atoms with E-state index in [0.29, 0.717) is 23.0 Å². The van der Waals surface area contributed by atoms with Crippen molar-refractivity contribution in [2.75, 3.05) is 5.32 Å². The molecule has 2 aromatic rings. The molecule has 0 saturated heterocycles. The summed E-state index contributed by atoms with van der Waals surface area (Å²) in [5.74, 6) is -0.0359. The van der Waals surface area contributed by atoms with Crippen molar-refractivity contribution < 1.29 is 14.3 Å². The number of hydrogen-bond acceptors (Lipinski definition) is 5. The van der Waals surface area contributed by atoms with Crippen molar-refractivity contribution >= 4 is 28.2 Å². The topological polar surface area (TPSA) is 77.4 Å². The van der Waals surface area contributed by atoms with Gasteiger partial charge in [-0.25, -0.2) is 4.79 Å². The highest BCUT2D eigenvalue weighted by Crippen LogP contribution is 2.40. The van der Waals surface area contributed by atoms with Gasteiger partial charge in [0.2, 0.25) is 5.91 Å². The van der Waals surface area contributed by atoms with Crippen molar-refractivity contribution in [2.24, 2.45) is 5.92 Å². The van der Waals surface area contributed by atoms with E-state index in [4.69, 9.17) is 4.74 Å². The number of aromatic nitrogens is 1. The molecule has 2 aromatic heterocycles. The smallest absolute Gasteiger partial charge is 0.341 e. The van der Waals surface area contributed by atoms with Crippen LogP contribution in [-0.2, 0) is 28.9 Å². The van der Waals surface area contributed by atoms with Gasteiger partial charge in [0.1, 0.15) is 5.00 Å². The van der Waals surface area contributed by atoms with Crippen LogP contribution in [0.1, 0.15) is 54.4 Å². The minimum atomic E-state index is -0.378. The summed E-state index contributed by atoms with van der Waals surface area (Å²) in [6, 6.07) is 4.89. The summed E-state index contributed by atoms with van der Waals surface area (Å²) in [5.41, 5.74) is 1.38. The quantitative estimate of drug-likeness (QED) is 0.749. The van der Waals surface area contributed by atoms with Crippen LogP contribution in [0.5, 0.6) is 0 Å². The van der Waals surface area contributed by atoms with E-state index in [9.17, 15) is 14.4 Å². The molecule has 1 aliphatic carbocycles. The Morgan fingerprint density at radius 1 is 1.36 bits per heavy atom. The number of carbonyl (C=O) groups excluding carboxylic acids is 2. The molecular weight excluding hydrogens is 376 g/mol. The number of anilines is 1. The van der Waals surface area contributed by atoms with Gasteiger partial charge in [-0.3, -0.25) is 9.59 Å². The van der Waals surface area contributed by atoms with Crippen LogP contribution < -0.4 is 10.9 Å². The first-order valence-corrected chi connectivity index (χ1v) is 10.5. The largest absolute Gasteiger partial charge is 0.459 e. The lowest BCUT2D eigenvalue weighted by atomic mass is 9.88. The maximum atomic E-state index is 12.7. The first-order chi connectivity index (χ1) is 13.3. The van der Waals surface area contributed by atoms with Crippen LogP contribution >= 0.6 is 11.3 Å². The lowest BCUT2D eigenvalue weighted by molar-refractivity contribution is -0.116. The molecule has 0 fully saturated rings. The van der Waals surface area contributed by atoms with Gasteiger partial charge in [0.25, 0.3) is 5.56 Å². The fourth-order valence-electron chi connectivity index (χ4n) is 3.38. The number of amides is 1. The predicted molar refractivity (Wildman–Crippen MR) is 110 cm³/mol. The van der Waals surface area contributed by atoms with Crippen LogP contribution in [0.3, 0.4) is 0 Å². The summed E-state index contributed by atoms with van der Waals surface area (Å²) in [6.45, 7) is 6.12. The molecule has 7 heteroatoms.